The molecular weight excluding hydrogens is 773 g/mol. The fraction of sp³-hybridized carbons (Fsp3) is 0.250. The molecule has 7 rings (SSSR count). The molecule has 13 nitrogen and oxygen atoms in total. The highest BCUT2D eigenvalue weighted by Crippen LogP contribution is 2.39. The number of para-hydroxylation sites is 1. The number of carbonyl (C=O) groups excluding carboxylic acids is 2. The minimum absolute atomic E-state index is 0.0480. The maximum atomic E-state index is 12.9. The Morgan fingerprint density at radius 3 is 2.30 bits per heavy atom. The fourth-order valence-corrected chi connectivity index (χ4v) is 7.99. The molecule has 0 aliphatic carbocycles. The average molecular weight is 823 g/mol. The molecule has 61 heavy (non-hydrogen) atoms. The van der Waals surface area contributed by atoms with E-state index in [1.807, 2.05) is 97.1 Å². The Balaban J connectivity index is 0.819. The molecule has 1 fully saturated rings. The normalized spacial score (nSPS) is 13.7. The van der Waals surface area contributed by atoms with Crippen LogP contribution in [0.15, 0.2) is 126 Å². The number of hydrogen-bond acceptors (Lipinski definition) is 8. The number of aromatic amines is 1. The number of aliphatic hydroxyl groups is 1. The second kappa shape index (κ2) is 20.0. The smallest absolute Gasteiger partial charge is 0.409 e. The molecule has 1 saturated heterocycles. The third-order valence-electron chi connectivity index (χ3n) is 11.1. The summed E-state index contributed by atoms with van der Waals surface area (Å²) in [6.07, 6.45) is 0.287. The molecule has 13 heteroatoms. The SMILES string of the molecule is O=C(O)Nc1c(-c2ccccc2)cccc1C1CCN(CCC(=O)NCc2cccc(CC(=O)Nc3ccc(CNC[C@H](O)c4ccc(O)c5[nH]c(=O)ccc45)cc3)c2)CC1. The maximum absolute atomic E-state index is 12.9. The minimum Gasteiger partial charge on any atom is -0.506 e. The van der Waals surface area contributed by atoms with Crippen LogP contribution >= 0.6 is 0 Å². The van der Waals surface area contributed by atoms with E-state index in [-0.39, 0.29) is 47.5 Å². The lowest BCUT2D eigenvalue weighted by atomic mass is 9.86. The van der Waals surface area contributed by atoms with E-state index >= 15 is 0 Å². The van der Waals surface area contributed by atoms with Crippen LogP contribution in [0.4, 0.5) is 16.2 Å². The number of aromatic nitrogens is 1. The van der Waals surface area contributed by atoms with Gasteiger partial charge in [-0.25, -0.2) is 4.79 Å². The van der Waals surface area contributed by atoms with E-state index in [2.05, 4.69) is 31.2 Å². The van der Waals surface area contributed by atoms with Gasteiger partial charge in [0.2, 0.25) is 17.4 Å². The van der Waals surface area contributed by atoms with E-state index < -0.39 is 12.2 Å². The van der Waals surface area contributed by atoms with Gasteiger partial charge >= 0.3 is 6.09 Å². The summed E-state index contributed by atoms with van der Waals surface area (Å²) in [5.41, 5.74) is 7.33. The number of rotatable bonds is 16. The number of piperidine rings is 1. The molecule has 2 heterocycles. The number of anilines is 2. The molecule has 0 bridgehead atoms. The number of carbonyl (C=O) groups is 3. The van der Waals surface area contributed by atoms with Crippen LogP contribution in [-0.2, 0) is 29.1 Å². The summed E-state index contributed by atoms with van der Waals surface area (Å²) in [7, 11) is 0. The maximum Gasteiger partial charge on any atom is 0.409 e. The zero-order valence-electron chi connectivity index (χ0n) is 33.7. The number of hydrogen-bond donors (Lipinski definition) is 8. The topological polar surface area (TPSA) is 196 Å². The zero-order chi connectivity index (χ0) is 42.7. The molecule has 8 N–H and O–H groups in total. The summed E-state index contributed by atoms with van der Waals surface area (Å²) < 4.78 is 0. The predicted molar refractivity (Wildman–Crippen MR) is 237 cm³/mol. The summed E-state index contributed by atoms with van der Waals surface area (Å²) in [5.74, 6) is -0.0793. The Kier molecular flexibility index (Phi) is 13.9. The quantitative estimate of drug-likeness (QED) is 0.0513. The number of phenolic OH excluding ortho intramolecular Hbond substituents is 1. The molecule has 3 amide bonds. The molecule has 1 aliphatic heterocycles. The standard InChI is InChI=1S/C48H50N6O7/c55-41-18-16-39(40-17-19-44(58)52-47(40)41)42(56)30-49-28-31-12-14-36(15-13-31)51-45(59)27-32-6-4-7-33(26-32)29-50-43(57)22-25-54-23-20-35(21-24-54)38-11-5-10-37(46(38)53-48(60)61)34-8-2-1-3-9-34/h1-19,26,35,42,49,53,55-56H,20-25,27-30H2,(H,50,57)(H,51,59)(H,52,58)(H,60,61)/t42-/m0/s1. The lowest BCUT2D eigenvalue weighted by Crippen LogP contribution is -2.36. The molecule has 0 unspecified atom stereocenters. The fourth-order valence-electron chi connectivity index (χ4n) is 7.99. The number of nitrogens with one attached hydrogen (secondary N) is 5. The van der Waals surface area contributed by atoms with Crippen molar-refractivity contribution in [2.24, 2.45) is 0 Å². The molecule has 0 saturated carbocycles. The molecule has 1 atom stereocenters. The number of carboxylic acid groups (broad SMARTS) is 1. The summed E-state index contributed by atoms with van der Waals surface area (Å²) in [4.78, 5) is 54.2. The van der Waals surface area contributed by atoms with Gasteiger partial charge in [0.25, 0.3) is 0 Å². The van der Waals surface area contributed by atoms with E-state index in [1.165, 1.54) is 12.1 Å². The Morgan fingerprint density at radius 1 is 0.770 bits per heavy atom. The van der Waals surface area contributed by atoms with Crippen molar-refractivity contribution in [1.82, 2.24) is 20.5 Å². The second-order valence-corrected chi connectivity index (χ2v) is 15.4. The van der Waals surface area contributed by atoms with Crippen molar-refractivity contribution in [3.05, 3.63) is 159 Å². The Hall–Kier alpha value is -6.80. The molecule has 0 radical (unpaired) electrons. The van der Waals surface area contributed by atoms with Crippen LogP contribution in [0.25, 0.3) is 22.0 Å². The summed E-state index contributed by atoms with van der Waals surface area (Å²) >= 11 is 0. The predicted octanol–water partition coefficient (Wildman–Crippen LogP) is 6.88. The average Bonchev–Trinajstić information content (AvgIpc) is 3.26. The highest BCUT2D eigenvalue weighted by Gasteiger charge is 2.25. The number of fused-ring (bicyclic) bond motifs is 1. The van der Waals surface area contributed by atoms with Gasteiger partial charge in [0.1, 0.15) is 5.75 Å². The molecule has 5 aromatic carbocycles. The van der Waals surface area contributed by atoms with Gasteiger partial charge in [-0.05, 0) is 89.5 Å². The van der Waals surface area contributed by atoms with Gasteiger partial charge in [0, 0.05) is 55.3 Å². The minimum atomic E-state index is -1.09. The molecule has 6 aromatic rings. The van der Waals surface area contributed by atoms with Crippen LogP contribution in [0.5, 0.6) is 5.75 Å². The number of aliphatic hydroxyl groups excluding tert-OH is 1. The van der Waals surface area contributed by atoms with Gasteiger partial charge in [0.05, 0.1) is 23.7 Å². The summed E-state index contributed by atoms with van der Waals surface area (Å²) in [5, 5.41) is 43.0. The highest BCUT2D eigenvalue weighted by atomic mass is 16.4. The van der Waals surface area contributed by atoms with Gasteiger partial charge in [0.15, 0.2) is 0 Å². The number of amides is 3. The van der Waals surface area contributed by atoms with Crippen LogP contribution in [0, 0.1) is 0 Å². The van der Waals surface area contributed by atoms with Crippen molar-refractivity contribution >= 4 is 40.2 Å². The van der Waals surface area contributed by atoms with Crippen LogP contribution in [0.3, 0.4) is 0 Å². The number of benzene rings is 5. The number of likely N-dealkylation sites (tertiary alicyclic amines) is 1. The van der Waals surface area contributed by atoms with E-state index in [4.69, 9.17) is 0 Å². The lowest BCUT2D eigenvalue weighted by Gasteiger charge is -2.33. The van der Waals surface area contributed by atoms with E-state index in [0.717, 1.165) is 59.3 Å². The third-order valence-corrected chi connectivity index (χ3v) is 11.1. The molecular formula is C48H50N6O7. The monoisotopic (exact) mass is 822 g/mol. The van der Waals surface area contributed by atoms with Gasteiger partial charge in [-0.15, -0.1) is 0 Å². The zero-order valence-corrected chi connectivity index (χ0v) is 33.7. The summed E-state index contributed by atoms with van der Waals surface area (Å²) in [6, 6.07) is 36.8. The van der Waals surface area contributed by atoms with E-state index in [0.29, 0.717) is 48.4 Å². The van der Waals surface area contributed by atoms with Gasteiger partial charge in [-0.1, -0.05) is 91.0 Å². The first kappa shape index (κ1) is 42.3. The Labute approximate surface area is 353 Å². The lowest BCUT2D eigenvalue weighted by molar-refractivity contribution is -0.121. The number of H-pyrrole nitrogens is 1. The third kappa shape index (κ3) is 11.3. The number of nitrogens with zero attached hydrogens (tertiary/aromatic N) is 1. The van der Waals surface area contributed by atoms with E-state index in [9.17, 15) is 34.5 Å². The van der Waals surface area contributed by atoms with Crippen LogP contribution in [0.2, 0.25) is 0 Å². The van der Waals surface area contributed by atoms with Crippen LogP contribution < -0.4 is 26.8 Å². The van der Waals surface area contributed by atoms with Crippen molar-refractivity contribution in [3.63, 3.8) is 0 Å². The van der Waals surface area contributed by atoms with Crippen molar-refractivity contribution < 1.29 is 29.7 Å². The van der Waals surface area contributed by atoms with E-state index in [1.54, 1.807) is 12.1 Å². The highest BCUT2D eigenvalue weighted by molar-refractivity contribution is 5.93. The first-order valence-electron chi connectivity index (χ1n) is 20.5. The number of pyridine rings is 1. The number of phenols is 1. The van der Waals surface area contributed by atoms with Crippen molar-refractivity contribution in [2.75, 3.05) is 36.8 Å². The largest absolute Gasteiger partial charge is 0.506 e. The second-order valence-electron chi connectivity index (χ2n) is 15.4. The van der Waals surface area contributed by atoms with Gasteiger partial charge < -0.3 is 41.2 Å². The van der Waals surface area contributed by atoms with Crippen LogP contribution in [0.1, 0.15) is 59.1 Å². The first-order chi connectivity index (χ1) is 29.6. The van der Waals surface area contributed by atoms with Crippen molar-refractivity contribution in [3.8, 4) is 16.9 Å². The molecule has 314 valence electrons. The van der Waals surface area contributed by atoms with Crippen molar-refractivity contribution in [2.45, 2.75) is 50.8 Å². The van der Waals surface area contributed by atoms with Crippen molar-refractivity contribution in [1.29, 1.82) is 0 Å². The van der Waals surface area contributed by atoms with Gasteiger partial charge in [-0.3, -0.25) is 19.7 Å². The summed E-state index contributed by atoms with van der Waals surface area (Å²) in [6.45, 7) is 3.32. The Morgan fingerprint density at radius 2 is 1.52 bits per heavy atom. The molecule has 1 aromatic heterocycles. The molecule has 0 spiro atoms. The Bertz CT molecular complexity index is 2540. The number of aromatic hydroxyl groups is 1. The van der Waals surface area contributed by atoms with Gasteiger partial charge in [-0.2, -0.15) is 0 Å². The first-order valence-corrected chi connectivity index (χ1v) is 20.5. The van der Waals surface area contributed by atoms with Crippen LogP contribution in [-0.4, -0.2) is 69.3 Å². The molecule has 1 aliphatic rings.